The van der Waals surface area contributed by atoms with Crippen LogP contribution in [0.5, 0.6) is 0 Å². The first-order valence-electron chi connectivity index (χ1n) is 4.78. The fraction of sp³-hybridized carbons (Fsp3) is 1.00. The largest absolute Gasteiger partial charge is 0.382 e. The highest BCUT2D eigenvalue weighted by atomic mass is 32.2. The molecule has 0 unspecified atom stereocenters. The molecular weight excluding hydrogens is 220 g/mol. The SMILES string of the molecule is COCCOCCNCCNS(C)(=O)=O. The minimum absolute atomic E-state index is 0.400. The second-order valence-electron chi connectivity index (χ2n) is 3.02. The predicted molar refractivity (Wildman–Crippen MR) is 58.4 cm³/mol. The van der Waals surface area contributed by atoms with Crippen LogP contribution < -0.4 is 10.0 Å². The maximum Gasteiger partial charge on any atom is 0.208 e. The van der Waals surface area contributed by atoms with Gasteiger partial charge in [-0.25, -0.2) is 13.1 Å². The monoisotopic (exact) mass is 240 g/mol. The van der Waals surface area contributed by atoms with Crippen molar-refractivity contribution in [3.8, 4) is 0 Å². The smallest absolute Gasteiger partial charge is 0.208 e. The van der Waals surface area contributed by atoms with Crippen LogP contribution >= 0.6 is 0 Å². The van der Waals surface area contributed by atoms with Gasteiger partial charge in [0, 0.05) is 26.7 Å². The Bertz CT molecular complexity index is 231. The van der Waals surface area contributed by atoms with Gasteiger partial charge in [-0.3, -0.25) is 0 Å². The Kier molecular flexibility index (Phi) is 8.92. The molecule has 0 fully saturated rings. The van der Waals surface area contributed by atoms with E-state index in [1.807, 2.05) is 0 Å². The highest BCUT2D eigenvalue weighted by molar-refractivity contribution is 7.88. The van der Waals surface area contributed by atoms with Gasteiger partial charge in [0.25, 0.3) is 0 Å². The molecule has 0 heterocycles. The molecule has 92 valence electrons. The zero-order valence-electron chi connectivity index (χ0n) is 9.28. The van der Waals surface area contributed by atoms with Crippen LogP contribution in [0, 0.1) is 0 Å². The molecule has 0 bridgehead atoms. The molecule has 0 aliphatic heterocycles. The summed E-state index contributed by atoms with van der Waals surface area (Å²) in [5.74, 6) is 0. The van der Waals surface area contributed by atoms with Gasteiger partial charge in [0.2, 0.25) is 10.0 Å². The number of sulfonamides is 1. The average molecular weight is 240 g/mol. The Balaban J connectivity index is 3.06. The van der Waals surface area contributed by atoms with Gasteiger partial charge >= 0.3 is 0 Å². The summed E-state index contributed by atoms with van der Waals surface area (Å²) in [6, 6.07) is 0. The van der Waals surface area contributed by atoms with Gasteiger partial charge in [-0.2, -0.15) is 0 Å². The van der Waals surface area contributed by atoms with Crippen molar-refractivity contribution < 1.29 is 17.9 Å². The molecule has 0 saturated heterocycles. The predicted octanol–water partition coefficient (Wildman–Crippen LogP) is -1.21. The van der Waals surface area contributed by atoms with Gasteiger partial charge < -0.3 is 14.8 Å². The highest BCUT2D eigenvalue weighted by Crippen LogP contribution is 1.75. The second-order valence-corrected chi connectivity index (χ2v) is 4.85. The lowest BCUT2D eigenvalue weighted by Crippen LogP contribution is -2.32. The van der Waals surface area contributed by atoms with E-state index in [1.165, 1.54) is 0 Å². The molecule has 0 aromatic rings. The molecule has 0 aliphatic carbocycles. The Hall–Kier alpha value is -0.210. The summed E-state index contributed by atoms with van der Waals surface area (Å²) < 4.78 is 33.7. The number of hydrogen-bond donors (Lipinski definition) is 2. The fourth-order valence-electron chi connectivity index (χ4n) is 0.838. The van der Waals surface area contributed by atoms with Crippen LogP contribution in [0.25, 0.3) is 0 Å². The Morgan fingerprint density at radius 1 is 1.07 bits per heavy atom. The summed E-state index contributed by atoms with van der Waals surface area (Å²) >= 11 is 0. The van der Waals surface area contributed by atoms with Gasteiger partial charge in [0.05, 0.1) is 26.1 Å². The Labute approximate surface area is 91.4 Å². The van der Waals surface area contributed by atoms with E-state index in [9.17, 15) is 8.42 Å². The van der Waals surface area contributed by atoms with E-state index in [4.69, 9.17) is 9.47 Å². The van der Waals surface area contributed by atoms with Crippen LogP contribution in [0.2, 0.25) is 0 Å². The fourth-order valence-corrected chi connectivity index (χ4v) is 1.31. The summed E-state index contributed by atoms with van der Waals surface area (Å²) in [5, 5.41) is 3.04. The van der Waals surface area contributed by atoms with E-state index in [1.54, 1.807) is 7.11 Å². The third-order valence-corrected chi connectivity index (χ3v) is 2.25. The average Bonchev–Trinajstić information content (AvgIpc) is 2.14. The molecule has 0 amide bonds. The van der Waals surface area contributed by atoms with Crippen molar-refractivity contribution in [2.24, 2.45) is 0 Å². The molecule has 7 heteroatoms. The van der Waals surface area contributed by atoms with Gasteiger partial charge in [-0.1, -0.05) is 0 Å². The topological polar surface area (TPSA) is 76.7 Å². The number of hydrogen-bond acceptors (Lipinski definition) is 5. The Morgan fingerprint density at radius 2 is 1.80 bits per heavy atom. The second kappa shape index (κ2) is 9.05. The Morgan fingerprint density at radius 3 is 2.40 bits per heavy atom. The van der Waals surface area contributed by atoms with E-state index < -0.39 is 10.0 Å². The molecule has 0 spiro atoms. The van der Waals surface area contributed by atoms with Crippen LogP contribution in [0.3, 0.4) is 0 Å². The molecule has 2 N–H and O–H groups in total. The maximum absolute atomic E-state index is 10.7. The standard InChI is InChI=1S/C8H20N2O4S/c1-13-7-8-14-6-5-9-3-4-10-15(2,11)12/h9-10H,3-8H2,1-2H3. The molecule has 0 radical (unpaired) electrons. The molecule has 0 rings (SSSR count). The van der Waals surface area contributed by atoms with Crippen LogP contribution in [0.4, 0.5) is 0 Å². The molecule has 0 aromatic heterocycles. The minimum atomic E-state index is -3.07. The van der Waals surface area contributed by atoms with Crippen LogP contribution in [0.15, 0.2) is 0 Å². The highest BCUT2D eigenvalue weighted by Gasteiger charge is 1.97. The quantitative estimate of drug-likeness (QED) is 0.469. The molecular formula is C8H20N2O4S. The molecule has 0 saturated carbocycles. The molecule has 0 aliphatic rings. The zero-order chi connectivity index (χ0) is 11.6. The lowest BCUT2D eigenvalue weighted by molar-refractivity contribution is 0.0721. The van der Waals surface area contributed by atoms with Gasteiger partial charge in [-0.05, 0) is 0 Å². The summed E-state index contributed by atoms with van der Waals surface area (Å²) in [7, 11) is -1.44. The maximum atomic E-state index is 10.7. The van der Waals surface area contributed by atoms with Crippen LogP contribution in [-0.4, -0.2) is 61.2 Å². The summed E-state index contributed by atoms with van der Waals surface area (Å²) in [6.07, 6.45) is 1.14. The van der Waals surface area contributed by atoms with Crippen molar-refractivity contribution in [3.63, 3.8) is 0 Å². The van der Waals surface area contributed by atoms with Crippen molar-refractivity contribution in [1.29, 1.82) is 0 Å². The first-order valence-corrected chi connectivity index (χ1v) is 6.67. The number of nitrogens with one attached hydrogen (secondary N) is 2. The van der Waals surface area contributed by atoms with Crippen molar-refractivity contribution >= 4 is 10.0 Å². The molecule has 6 nitrogen and oxygen atoms in total. The minimum Gasteiger partial charge on any atom is -0.382 e. The first kappa shape index (κ1) is 14.8. The lowest BCUT2D eigenvalue weighted by atomic mass is 10.6. The van der Waals surface area contributed by atoms with Crippen molar-refractivity contribution in [2.45, 2.75) is 0 Å². The number of rotatable bonds is 10. The third kappa shape index (κ3) is 13.8. The summed E-state index contributed by atoms with van der Waals surface area (Å²) in [4.78, 5) is 0. The van der Waals surface area contributed by atoms with Crippen LogP contribution in [-0.2, 0) is 19.5 Å². The number of ether oxygens (including phenoxy) is 2. The molecule has 0 aromatic carbocycles. The third-order valence-electron chi connectivity index (χ3n) is 1.52. The van der Waals surface area contributed by atoms with E-state index in [0.29, 0.717) is 39.5 Å². The summed E-state index contributed by atoms with van der Waals surface area (Å²) in [6.45, 7) is 3.48. The zero-order valence-corrected chi connectivity index (χ0v) is 10.1. The number of methoxy groups -OCH3 is 1. The van der Waals surface area contributed by atoms with Crippen LogP contribution in [0.1, 0.15) is 0 Å². The molecule has 15 heavy (non-hydrogen) atoms. The van der Waals surface area contributed by atoms with Crippen molar-refractivity contribution in [1.82, 2.24) is 10.0 Å². The van der Waals surface area contributed by atoms with Crippen molar-refractivity contribution in [3.05, 3.63) is 0 Å². The van der Waals surface area contributed by atoms with Gasteiger partial charge in [0.1, 0.15) is 0 Å². The van der Waals surface area contributed by atoms with E-state index in [2.05, 4.69) is 10.0 Å². The van der Waals surface area contributed by atoms with E-state index in [-0.39, 0.29) is 0 Å². The van der Waals surface area contributed by atoms with E-state index in [0.717, 1.165) is 6.26 Å². The van der Waals surface area contributed by atoms with Gasteiger partial charge in [0.15, 0.2) is 0 Å². The normalized spacial score (nSPS) is 11.9. The van der Waals surface area contributed by atoms with E-state index >= 15 is 0 Å². The lowest BCUT2D eigenvalue weighted by Gasteiger charge is -2.06. The summed E-state index contributed by atoms with van der Waals surface area (Å²) in [5.41, 5.74) is 0. The first-order chi connectivity index (χ1) is 7.06. The molecule has 0 atom stereocenters. The van der Waals surface area contributed by atoms with Gasteiger partial charge in [-0.15, -0.1) is 0 Å². The van der Waals surface area contributed by atoms with Crippen molar-refractivity contribution in [2.75, 3.05) is 52.8 Å².